The molecular weight excluding hydrogens is 294 g/mol. The Kier molecular flexibility index (Phi) is 4.17. The highest BCUT2D eigenvalue weighted by Crippen LogP contribution is 2.42. The van der Waals surface area contributed by atoms with Crippen molar-refractivity contribution in [1.82, 2.24) is 14.7 Å². The number of aromatic nitrogens is 2. The van der Waals surface area contributed by atoms with Crippen molar-refractivity contribution in [3.8, 4) is 0 Å². The number of ether oxygens (including phenoxy) is 1. The van der Waals surface area contributed by atoms with Crippen molar-refractivity contribution >= 4 is 11.9 Å². The van der Waals surface area contributed by atoms with E-state index in [9.17, 15) is 9.59 Å². The molecule has 1 aromatic rings. The van der Waals surface area contributed by atoms with Crippen LogP contribution in [0.5, 0.6) is 0 Å². The van der Waals surface area contributed by atoms with E-state index in [1.165, 1.54) is 7.11 Å². The van der Waals surface area contributed by atoms with Gasteiger partial charge in [0.2, 0.25) is 5.91 Å². The van der Waals surface area contributed by atoms with Crippen LogP contribution in [0.3, 0.4) is 0 Å². The predicted octanol–water partition coefficient (Wildman–Crippen LogP) is 1.38. The number of likely N-dealkylation sites (tertiary alicyclic amines) is 1. The van der Waals surface area contributed by atoms with Gasteiger partial charge in [-0.3, -0.25) is 9.48 Å². The van der Waals surface area contributed by atoms with E-state index in [2.05, 4.69) is 5.10 Å². The number of hydrogen-bond acceptors (Lipinski definition) is 4. The lowest BCUT2D eigenvalue weighted by atomic mass is 9.94. The summed E-state index contributed by atoms with van der Waals surface area (Å²) in [4.78, 5) is 26.9. The summed E-state index contributed by atoms with van der Waals surface area (Å²) in [7, 11) is 3.29. The first-order chi connectivity index (χ1) is 10.9. The molecule has 2 heterocycles. The highest BCUT2D eigenvalue weighted by atomic mass is 16.5. The molecule has 1 amide bonds. The summed E-state index contributed by atoms with van der Waals surface area (Å²) in [5.41, 5.74) is 2.86. The normalized spacial score (nSPS) is 26.4. The van der Waals surface area contributed by atoms with Crippen LogP contribution < -0.4 is 0 Å². The molecule has 0 unspecified atom stereocenters. The number of carbonyl (C=O) groups excluding carboxylic acids is 2. The standard InChI is InChI=1S/C17H25N3O3/c1-10-14(11(2)19(3)18-10)8-15(21)20-9-12-6-5-7-13(12)16(20)17(22)23-4/h12-13,16H,5-9H2,1-4H3/t12-,13+,16-/m0/s1. The fraction of sp³-hybridized carbons (Fsp3) is 0.706. The third-order valence-corrected chi connectivity index (χ3v) is 5.64. The average Bonchev–Trinajstić information content (AvgIpc) is 3.16. The maximum atomic E-state index is 12.9. The van der Waals surface area contributed by atoms with E-state index < -0.39 is 6.04 Å². The maximum Gasteiger partial charge on any atom is 0.328 e. The summed E-state index contributed by atoms with van der Waals surface area (Å²) in [6, 6.07) is -0.405. The molecule has 3 rings (SSSR count). The van der Waals surface area contributed by atoms with Gasteiger partial charge in [0.1, 0.15) is 6.04 Å². The van der Waals surface area contributed by atoms with Gasteiger partial charge in [0.15, 0.2) is 0 Å². The monoisotopic (exact) mass is 319 g/mol. The van der Waals surface area contributed by atoms with Gasteiger partial charge in [0, 0.05) is 24.8 Å². The van der Waals surface area contributed by atoms with Gasteiger partial charge in [-0.25, -0.2) is 4.79 Å². The Balaban J connectivity index is 1.82. The predicted molar refractivity (Wildman–Crippen MR) is 84.7 cm³/mol. The molecule has 1 saturated carbocycles. The van der Waals surface area contributed by atoms with Crippen LogP contribution in [-0.2, 0) is 27.8 Å². The van der Waals surface area contributed by atoms with Crippen molar-refractivity contribution in [2.24, 2.45) is 18.9 Å². The summed E-state index contributed by atoms with van der Waals surface area (Å²) in [5.74, 6) is 0.447. The Morgan fingerprint density at radius 3 is 2.65 bits per heavy atom. The number of carbonyl (C=O) groups is 2. The van der Waals surface area contributed by atoms with Crippen LogP contribution in [0.4, 0.5) is 0 Å². The molecule has 3 atom stereocenters. The van der Waals surface area contributed by atoms with E-state index in [1.807, 2.05) is 20.9 Å². The molecule has 1 aromatic heterocycles. The summed E-state index contributed by atoms with van der Waals surface area (Å²) in [6.45, 7) is 4.58. The van der Waals surface area contributed by atoms with Crippen LogP contribution >= 0.6 is 0 Å². The Hall–Kier alpha value is -1.85. The van der Waals surface area contributed by atoms with Crippen molar-refractivity contribution in [2.75, 3.05) is 13.7 Å². The Labute approximate surface area is 136 Å². The Bertz CT molecular complexity index is 637. The minimum absolute atomic E-state index is 0.00833. The third kappa shape index (κ3) is 2.64. The first kappa shape index (κ1) is 16.0. The number of aryl methyl sites for hydroxylation is 2. The Morgan fingerprint density at radius 2 is 2.04 bits per heavy atom. The first-order valence-corrected chi connectivity index (χ1v) is 8.30. The van der Waals surface area contributed by atoms with Gasteiger partial charge in [0.25, 0.3) is 0 Å². The number of nitrogens with zero attached hydrogens (tertiary/aromatic N) is 3. The maximum absolute atomic E-state index is 12.9. The van der Waals surface area contributed by atoms with Gasteiger partial charge < -0.3 is 9.64 Å². The molecule has 0 bridgehead atoms. The Morgan fingerprint density at radius 1 is 1.30 bits per heavy atom. The van der Waals surface area contributed by atoms with Crippen LogP contribution in [0.15, 0.2) is 0 Å². The quantitative estimate of drug-likeness (QED) is 0.790. The molecule has 1 aliphatic heterocycles. The highest BCUT2D eigenvalue weighted by molar-refractivity contribution is 5.87. The molecule has 6 heteroatoms. The fourth-order valence-corrected chi connectivity index (χ4v) is 4.31. The zero-order valence-electron chi connectivity index (χ0n) is 14.3. The van der Waals surface area contributed by atoms with Gasteiger partial charge in [-0.05, 0) is 38.5 Å². The number of esters is 1. The molecule has 0 spiro atoms. The summed E-state index contributed by atoms with van der Waals surface area (Å²) in [6.07, 6.45) is 3.57. The van der Waals surface area contributed by atoms with Crippen molar-refractivity contribution in [2.45, 2.75) is 45.6 Å². The van der Waals surface area contributed by atoms with E-state index in [1.54, 1.807) is 9.58 Å². The van der Waals surface area contributed by atoms with Gasteiger partial charge in [-0.15, -0.1) is 0 Å². The van der Waals surface area contributed by atoms with Gasteiger partial charge in [-0.1, -0.05) is 6.42 Å². The van der Waals surface area contributed by atoms with E-state index in [0.29, 0.717) is 18.9 Å². The smallest absolute Gasteiger partial charge is 0.328 e. The van der Waals surface area contributed by atoms with E-state index in [4.69, 9.17) is 4.74 Å². The lowest BCUT2D eigenvalue weighted by molar-refractivity contribution is -0.152. The SMILES string of the molecule is COC(=O)[C@@H]1[C@@H]2CCC[C@H]2CN1C(=O)Cc1c(C)nn(C)c1C. The number of methoxy groups -OCH3 is 1. The summed E-state index contributed by atoms with van der Waals surface area (Å²) < 4.78 is 6.78. The van der Waals surface area contributed by atoms with Gasteiger partial charge in [-0.2, -0.15) is 5.10 Å². The van der Waals surface area contributed by atoms with Gasteiger partial charge in [0.05, 0.1) is 19.2 Å². The number of rotatable bonds is 3. The molecule has 2 aliphatic rings. The number of amides is 1. The van der Waals surface area contributed by atoms with Crippen LogP contribution in [0.2, 0.25) is 0 Å². The fourth-order valence-electron chi connectivity index (χ4n) is 4.31. The molecular formula is C17H25N3O3. The second kappa shape index (κ2) is 5.98. The van der Waals surface area contributed by atoms with Crippen LogP contribution in [0.1, 0.15) is 36.2 Å². The second-order valence-electron chi connectivity index (χ2n) is 6.82. The zero-order valence-corrected chi connectivity index (χ0v) is 14.3. The van der Waals surface area contributed by atoms with E-state index in [-0.39, 0.29) is 17.8 Å². The third-order valence-electron chi connectivity index (χ3n) is 5.64. The van der Waals surface area contributed by atoms with E-state index in [0.717, 1.165) is 36.2 Å². The van der Waals surface area contributed by atoms with Crippen LogP contribution in [0, 0.1) is 25.7 Å². The average molecular weight is 319 g/mol. The van der Waals surface area contributed by atoms with Crippen LogP contribution in [0.25, 0.3) is 0 Å². The largest absolute Gasteiger partial charge is 0.467 e. The van der Waals surface area contributed by atoms with Crippen molar-refractivity contribution in [3.63, 3.8) is 0 Å². The number of fused-ring (bicyclic) bond motifs is 1. The van der Waals surface area contributed by atoms with Crippen molar-refractivity contribution < 1.29 is 14.3 Å². The van der Waals surface area contributed by atoms with Crippen molar-refractivity contribution in [3.05, 3.63) is 17.0 Å². The topological polar surface area (TPSA) is 64.4 Å². The molecule has 23 heavy (non-hydrogen) atoms. The molecule has 1 aliphatic carbocycles. The van der Waals surface area contributed by atoms with Crippen LogP contribution in [-0.4, -0.2) is 46.3 Å². The molecule has 0 N–H and O–H groups in total. The molecule has 126 valence electrons. The lowest BCUT2D eigenvalue weighted by Gasteiger charge is -2.25. The lowest BCUT2D eigenvalue weighted by Crippen LogP contribution is -2.44. The van der Waals surface area contributed by atoms with Gasteiger partial charge >= 0.3 is 5.97 Å². The molecule has 6 nitrogen and oxygen atoms in total. The summed E-state index contributed by atoms with van der Waals surface area (Å²) >= 11 is 0. The minimum atomic E-state index is -0.405. The first-order valence-electron chi connectivity index (χ1n) is 8.30. The minimum Gasteiger partial charge on any atom is -0.467 e. The molecule has 1 saturated heterocycles. The van der Waals surface area contributed by atoms with Crippen molar-refractivity contribution in [1.29, 1.82) is 0 Å². The second-order valence-corrected chi connectivity index (χ2v) is 6.82. The molecule has 0 aromatic carbocycles. The van der Waals surface area contributed by atoms with E-state index >= 15 is 0 Å². The highest BCUT2D eigenvalue weighted by Gasteiger charge is 2.49. The molecule has 0 radical (unpaired) electrons. The summed E-state index contributed by atoms with van der Waals surface area (Å²) in [5, 5.41) is 4.37. The number of hydrogen-bond donors (Lipinski definition) is 0. The zero-order chi connectivity index (χ0) is 16.7. The molecule has 2 fully saturated rings.